The maximum absolute atomic E-state index is 12.3. The van der Waals surface area contributed by atoms with Crippen LogP contribution in [0.25, 0.3) is 11.0 Å². The SMILES string of the molecule is C[C@@H]1C[C@H](C)CN(CCNc2nc3c(cnn3C(C)(C)C)c(=O)[nH]2)C1. The quantitative estimate of drug-likeness (QED) is 0.888. The zero-order valence-corrected chi connectivity index (χ0v) is 16.0. The van der Waals surface area contributed by atoms with E-state index in [-0.39, 0.29) is 11.1 Å². The summed E-state index contributed by atoms with van der Waals surface area (Å²) in [6, 6.07) is 0. The number of nitrogens with one attached hydrogen (secondary N) is 2. The average molecular weight is 346 g/mol. The molecular formula is C18H30N6O. The minimum atomic E-state index is -0.222. The van der Waals surface area contributed by atoms with Gasteiger partial charge in [0.25, 0.3) is 5.56 Å². The molecule has 7 nitrogen and oxygen atoms in total. The molecule has 0 aliphatic carbocycles. The van der Waals surface area contributed by atoms with E-state index in [1.54, 1.807) is 10.9 Å². The van der Waals surface area contributed by atoms with Crippen molar-refractivity contribution in [2.24, 2.45) is 11.8 Å². The maximum Gasteiger partial charge on any atom is 0.263 e. The van der Waals surface area contributed by atoms with Crippen LogP contribution in [0, 0.1) is 11.8 Å². The molecule has 25 heavy (non-hydrogen) atoms. The zero-order valence-electron chi connectivity index (χ0n) is 16.0. The number of anilines is 1. The van der Waals surface area contributed by atoms with Gasteiger partial charge in [-0.05, 0) is 39.0 Å². The first-order chi connectivity index (χ1) is 11.7. The van der Waals surface area contributed by atoms with Crippen LogP contribution in [-0.2, 0) is 5.54 Å². The highest BCUT2D eigenvalue weighted by Crippen LogP contribution is 2.21. The summed E-state index contributed by atoms with van der Waals surface area (Å²) in [6.45, 7) is 14.8. The number of H-pyrrole nitrogens is 1. The third-order valence-electron chi connectivity index (χ3n) is 4.74. The van der Waals surface area contributed by atoms with E-state index in [1.165, 1.54) is 6.42 Å². The molecule has 1 fully saturated rings. The lowest BCUT2D eigenvalue weighted by molar-refractivity contribution is 0.146. The number of hydrogen-bond acceptors (Lipinski definition) is 5. The molecule has 7 heteroatoms. The van der Waals surface area contributed by atoms with Gasteiger partial charge in [-0.25, -0.2) is 4.68 Å². The zero-order chi connectivity index (χ0) is 18.2. The monoisotopic (exact) mass is 346 g/mol. The molecule has 0 unspecified atom stereocenters. The molecular weight excluding hydrogens is 316 g/mol. The number of aromatic nitrogens is 4. The second-order valence-corrected chi connectivity index (χ2v) is 8.51. The van der Waals surface area contributed by atoms with Crippen LogP contribution in [0.1, 0.15) is 41.0 Å². The Bertz CT molecular complexity index is 777. The van der Waals surface area contributed by atoms with Crippen molar-refractivity contribution >= 4 is 17.0 Å². The van der Waals surface area contributed by atoms with Crippen molar-refractivity contribution in [3.05, 3.63) is 16.6 Å². The number of fused-ring (bicyclic) bond motifs is 1. The first kappa shape index (κ1) is 17.9. The minimum Gasteiger partial charge on any atom is -0.354 e. The summed E-state index contributed by atoms with van der Waals surface area (Å²) in [5, 5.41) is 8.14. The van der Waals surface area contributed by atoms with Gasteiger partial charge in [-0.15, -0.1) is 0 Å². The Morgan fingerprint density at radius 2 is 1.96 bits per heavy atom. The largest absolute Gasteiger partial charge is 0.354 e. The molecule has 3 rings (SSSR count). The fraction of sp³-hybridized carbons (Fsp3) is 0.722. The molecule has 0 saturated carbocycles. The summed E-state index contributed by atoms with van der Waals surface area (Å²) in [5.74, 6) is 2.01. The van der Waals surface area contributed by atoms with E-state index in [0.717, 1.165) is 38.0 Å². The number of likely N-dealkylation sites (tertiary alicyclic amines) is 1. The fourth-order valence-corrected chi connectivity index (χ4v) is 3.80. The molecule has 0 amide bonds. The Morgan fingerprint density at radius 3 is 2.60 bits per heavy atom. The molecule has 1 aliphatic heterocycles. The Labute approximate surface area is 148 Å². The average Bonchev–Trinajstić information content (AvgIpc) is 2.90. The maximum atomic E-state index is 12.3. The van der Waals surface area contributed by atoms with Gasteiger partial charge in [-0.3, -0.25) is 9.78 Å². The van der Waals surface area contributed by atoms with E-state index >= 15 is 0 Å². The Kier molecular flexibility index (Phi) is 4.86. The van der Waals surface area contributed by atoms with Crippen LogP contribution in [0.5, 0.6) is 0 Å². The van der Waals surface area contributed by atoms with Crippen LogP contribution in [0.2, 0.25) is 0 Å². The minimum absolute atomic E-state index is 0.150. The number of piperidine rings is 1. The molecule has 2 aromatic heterocycles. The van der Waals surface area contributed by atoms with Crippen molar-refractivity contribution in [2.75, 3.05) is 31.5 Å². The van der Waals surface area contributed by atoms with Gasteiger partial charge in [0.1, 0.15) is 5.39 Å². The molecule has 2 atom stereocenters. The smallest absolute Gasteiger partial charge is 0.263 e. The lowest BCUT2D eigenvalue weighted by atomic mass is 9.92. The van der Waals surface area contributed by atoms with Gasteiger partial charge >= 0.3 is 0 Å². The van der Waals surface area contributed by atoms with Crippen LogP contribution in [0.4, 0.5) is 5.95 Å². The third kappa shape index (κ3) is 4.03. The molecule has 138 valence electrons. The van der Waals surface area contributed by atoms with Gasteiger partial charge in [0.15, 0.2) is 5.65 Å². The molecule has 2 aromatic rings. The summed E-state index contributed by atoms with van der Waals surface area (Å²) >= 11 is 0. The van der Waals surface area contributed by atoms with E-state index in [1.807, 2.05) is 20.8 Å². The van der Waals surface area contributed by atoms with Gasteiger partial charge < -0.3 is 10.2 Å². The summed E-state index contributed by atoms with van der Waals surface area (Å²) in [6.07, 6.45) is 2.90. The fourth-order valence-electron chi connectivity index (χ4n) is 3.80. The molecule has 0 spiro atoms. The second-order valence-electron chi connectivity index (χ2n) is 8.51. The van der Waals surface area contributed by atoms with Crippen LogP contribution >= 0.6 is 0 Å². The molecule has 1 saturated heterocycles. The predicted octanol–water partition coefficient (Wildman–Crippen LogP) is 2.26. The van der Waals surface area contributed by atoms with Gasteiger partial charge in [0, 0.05) is 26.2 Å². The molecule has 0 aromatic carbocycles. The highest BCUT2D eigenvalue weighted by molar-refractivity contribution is 5.74. The second kappa shape index (κ2) is 6.78. The first-order valence-electron chi connectivity index (χ1n) is 9.19. The molecule has 3 heterocycles. The molecule has 0 radical (unpaired) electrons. The highest BCUT2D eigenvalue weighted by atomic mass is 16.1. The predicted molar refractivity (Wildman–Crippen MR) is 101 cm³/mol. The van der Waals surface area contributed by atoms with Crippen LogP contribution in [-0.4, -0.2) is 50.8 Å². The van der Waals surface area contributed by atoms with Gasteiger partial charge in [0.2, 0.25) is 5.95 Å². The summed E-state index contributed by atoms with van der Waals surface area (Å²) in [4.78, 5) is 22.2. The Morgan fingerprint density at radius 1 is 1.28 bits per heavy atom. The van der Waals surface area contributed by atoms with Crippen molar-refractivity contribution < 1.29 is 0 Å². The summed E-state index contributed by atoms with van der Waals surface area (Å²) in [5.41, 5.74) is 0.252. The van der Waals surface area contributed by atoms with Gasteiger partial charge in [-0.1, -0.05) is 13.8 Å². The number of aromatic amines is 1. The molecule has 0 bridgehead atoms. The number of rotatable bonds is 4. The van der Waals surface area contributed by atoms with Gasteiger partial charge in [-0.2, -0.15) is 10.1 Å². The van der Waals surface area contributed by atoms with Crippen molar-refractivity contribution in [3.8, 4) is 0 Å². The third-order valence-corrected chi connectivity index (χ3v) is 4.74. The molecule has 2 N–H and O–H groups in total. The van der Waals surface area contributed by atoms with E-state index < -0.39 is 0 Å². The molecule has 1 aliphatic rings. The first-order valence-corrected chi connectivity index (χ1v) is 9.19. The van der Waals surface area contributed by atoms with Crippen molar-refractivity contribution in [3.63, 3.8) is 0 Å². The Hall–Kier alpha value is -1.89. The summed E-state index contributed by atoms with van der Waals surface area (Å²) in [7, 11) is 0. The lowest BCUT2D eigenvalue weighted by Gasteiger charge is -2.34. The Balaban J connectivity index is 1.70. The van der Waals surface area contributed by atoms with Crippen molar-refractivity contribution in [1.82, 2.24) is 24.6 Å². The highest BCUT2D eigenvalue weighted by Gasteiger charge is 2.22. The normalized spacial score (nSPS) is 22.4. The number of nitrogens with zero attached hydrogens (tertiary/aromatic N) is 4. The van der Waals surface area contributed by atoms with Gasteiger partial charge in [0.05, 0.1) is 11.7 Å². The van der Waals surface area contributed by atoms with E-state index in [2.05, 4.69) is 39.1 Å². The van der Waals surface area contributed by atoms with Crippen LogP contribution in [0.15, 0.2) is 11.0 Å². The van der Waals surface area contributed by atoms with E-state index in [4.69, 9.17) is 0 Å². The van der Waals surface area contributed by atoms with Crippen molar-refractivity contribution in [1.29, 1.82) is 0 Å². The van der Waals surface area contributed by atoms with E-state index in [9.17, 15) is 4.79 Å². The lowest BCUT2D eigenvalue weighted by Crippen LogP contribution is -2.41. The van der Waals surface area contributed by atoms with E-state index in [0.29, 0.717) is 17.0 Å². The van der Waals surface area contributed by atoms with Crippen LogP contribution < -0.4 is 10.9 Å². The number of hydrogen-bond donors (Lipinski definition) is 2. The van der Waals surface area contributed by atoms with Crippen LogP contribution in [0.3, 0.4) is 0 Å². The topological polar surface area (TPSA) is 78.8 Å². The standard InChI is InChI=1S/C18H30N6O/c1-12-8-13(2)11-23(10-12)7-6-19-17-21-15-14(16(25)22-17)9-20-24(15)18(3,4)5/h9,12-13H,6-8,10-11H2,1-5H3,(H2,19,21,22,25)/t12-,13+. The van der Waals surface area contributed by atoms with Crippen molar-refractivity contribution in [2.45, 2.75) is 46.6 Å². The summed E-state index contributed by atoms with van der Waals surface area (Å²) < 4.78 is 1.80.